The second kappa shape index (κ2) is 11.5. The van der Waals surface area contributed by atoms with Gasteiger partial charge in [0, 0.05) is 6.54 Å². The quantitative estimate of drug-likeness (QED) is 0.655. The third-order valence-corrected chi connectivity index (χ3v) is 5.25. The van der Waals surface area contributed by atoms with Crippen LogP contribution in [0.1, 0.15) is 97.8 Å². The molecular weight excluding hydrogens is 346 g/mol. The van der Waals surface area contributed by atoms with Crippen molar-refractivity contribution in [1.82, 2.24) is 5.32 Å². The molecule has 3 N–H and O–H groups in total. The van der Waals surface area contributed by atoms with Gasteiger partial charge in [0.25, 0.3) is 0 Å². The first-order valence-corrected chi connectivity index (χ1v) is 10.5. The summed E-state index contributed by atoms with van der Waals surface area (Å²) in [5.41, 5.74) is -1.30. The zero-order valence-electron chi connectivity index (χ0n) is 17.4. The summed E-state index contributed by atoms with van der Waals surface area (Å²) in [5.74, 6) is -0.891. The molecule has 1 aliphatic rings. The number of hydrogen-bond acceptors (Lipinski definition) is 4. The first-order chi connectivity index (χ1) is 12.6. The van der Waals surface area contributed by atoms with E-state index in [-0.39, 0.29) is 5.92 Å². The van der Waals surface area contributed by atoms with E-state index in [1.807, 2.05) is 20.8 Å². The molecule has 0 saturated heterocycles. The lowest BCUT2D eigenvalue weighted by Gasteiger charge is -2.29. The van der Waals surface area contributed by atoms with E-state index in [1.165, 1.54) is 0 Å². The molecule has 6 nitrogen and oxygen atoms in total. The van der Waals surface area contributed by atoms with Crippen LogP contribution in [0, 0.1) is 5.92 Å². The largest absolute Gasteiger partial charge is 0.481 e. The molecule has 0 aromatic carbocycles. The number of aliphatic hydroxyl groups is 1. The molecular formula is C21H39NO5. The van der Waals surface area contributed by atoms with Gasteiger partial charge in [0.1, 0.15) is 5.60 Å². The minimum Gasteiger partial charge on any atom is -0.481 e. The predicted octanol–water partition coefficient (Wildman–Crippen LogP) is 4.64. The highest BCUT2D eigenvalue weighted by molar-refractivity contribution is 5.69. The lowest BCUT2D eigenvalue weighted by molar-refractivity contribution is -0.142. The van der Waals surface area contributed by atoms with Crippen LogP contribution in [-0.4, -0.2) is 40.0 Å². The van der Waals surface area contributed by atoms with Gasteiger partial charge < -0.3 is 20.3 Å². The summed E-state index contributed by atoms with van der Waals surface area (Å²) in [6.45, 7) is 5.87. The Morgan fingerprint density at radius 1 is 1.00 bits per heavy atom. The number of rotatable bonds is 4. The summed E-state index contributed by atoms with van der Waals surface area (Å²) in [4.78, 5) is 23.1. The molecule has 1 amide bonds. The SMILES string of the molecule is CC(C)(C)OC(=O)NCCC1(O)CCCCCCC(C(=O)O)CCCCC1. The van der Waals surface area contributed by atoms with Crippen LogP contribution < -0.4 is 5.32 Å². The van der Waals surface area contributed by atoms with Crippen molar-refractivity contribution in [3.05, 3.63) is 0 Å². The molecule has 1 rings (SSSR count). The van der Waals surface area contributed by atoms with E-state index in [2.05, 4.69) is 5.32 Å². The summed E-state index contributed by atoms with van der Waals surface area (Å²) in [5, 5.41) is 23.1. The fraction of sp³-hybridized carbons (Fsp3) is 0.905. The maximum absolute atomic E-state index is 11.8. The van der Waals surface area contributed by atoms with Gasteiger partial charge in [0.2, 0.25) is 0 Å². The number of amides is 1. The maximum Gasteiger partial charge on any atom is 0.407 e. The van der Waals surface area contributed by atoms with Gasteiger partial charge in [-0.2, -0.15) is 0 Å². The van der Waals surface area contributed by atoms with E-state index in [1.54, 1.807) is 0 Å². The highest BCUT2D eigenvalue weighted by Crippen LogP contribution is 2.28. The molecule has 0 heterocycles. The highest BCUT2D eigenvalue weighted by atomic mass is 16.6. The highest BCUT2D eigenvalue weighted by Gasteiger charge is 2.27. The Hall–Kier alpha value is -1.30. The van der Waals surface area contributed by atoms with E-state index in [4.69, 9.17) is 4.74 Å². The molecule has 2 unspecified atom stereocenters. The fourth-order valence-electron chi connectivity index (χ4n) is 3.70. The average Bonchev–Trinajstić information content (AvgIpc) is 2.55. The van der Waals surface area contributed by atoms with Gasteiger partial charge in [-0.05, 0) is 52.9 Å². The Kier molecular flexibility index (Phi) is 10.1. The predicted molar refractivity (Wildman–Crippen MR) is 106 cm³/mol. The molecule has 0 aromatic rings. The molecule has 2 atom stereocenters. The van der Waals surface area contributed by atoms with Crippen molar-refractivity contribution < 1.29 is 24.5 Å². The van der Waals surface area contributed by atoms with E-state index >= 15 is 0 Å². The van der Waals surface area contributed by atoms with Crippen molar-refractivity contribution in [1.29, 1.82) is 0 Å². The molecule has 0 bridgehead atoms. The van der Waals surface area contributed by atoms with Gasteiger partial charge in [-0.15, -0.1) is 0 Å². The number of carbonyl (C=O) groups is 2. The van der Waals surface area contributed by atoms with Gasteiger partial charge in [-0.3, -0.25) is 4.79 Å². The Balaban J connectivity index is 2.47. The first kappa shape index (κ1) is 23.7. The third-order valence-electron chi connectivity index (χ3n) is 5.25. The minimum atomic E-state index is -0.769. The van der Waals surface area contributed by atoms with E-state index in [0.29, 0.717) is 19.4 Å². The van der Waals surface area contributed by atoms with Gasteiger partial charge >= 0.3 is 12.1 Å². The molecule has 1 fully saturated rings. The van der Waals surface area contributed by atoms with Gasteiger partial charge in [0.15, 0.2) is 0 Å². The number of carbonyl (C=O) groups excluding carboxylic acids is 1. The second-order valence-corrected chi connectivity index (χ2v) is 8.99. The number of carboxylic acid groups (broad SMARTS) is 1. The van der Waals surface area contributed by atoms with Crippen LogP contribution in [0.2, 0.25) is 0 Å². The van der Waals surface area contributed by atoms with Crippen LogP contribution >= 0.6 is 0 Å². The lowest BCUT2D eigenvalue weighted by Crippen LogP contribution is -2.37. The summed E-state index contributed by atoms with van der Waals surface area (Å²) >= 11 is 0. The number of alkyl carbamates (subject to hydrolysis) is 1. The zero-order chi connectivity index (χ0) is 20.3. The Bertz CT molecular complexity index is 460. The fourth-order valence-corrected chi connectivity index (χ4v) is 3.70. The second-order valence-electron chi connectivity index (χ2n) is 8.99. The minimum absolute atomic E-state index is 0.220. The Morgan fingerprint density at radius 2 is 1.52 bits per heavy atom. The maximum atomic E-state index is 11.8. The van der Waals surface area contributed by atoms with Crippen LogP contribution in [0.15, 0.2) is 0 Å². The van der Waals surface area contributed by atoms with Crippen LogP contribution in [0.4, 0.5) is 4.79 Å². The third kappa shape index (κ3) is 11.2. The van der Waals surface area contributed by atoms with Crippen molar-refractivity contribution in [3.63, 3.8) is 0 Å². The number of nitrogens with one attached hydrogen (secondary N) is 1. The molecule has 158 valence electrons. The van der Waals surface area contributed by atoms with Crippen molar-refractivity contribution in [2.45, 2.75) is 109 Å². The number of aliphatic carboxylic acids is 1. The van der Waals surface area contributed by atoms with Crippen LogP contribution in [0.3, 0.4) is 0 Å². The number of ether oxygens (including phenoxy) is 1. The summed E-state index contributed by atoms with van der Waals surface area (Å²) in [6, 6.07) is 0. The van der Waals surface area contributed by atoms with Crippen LogP contribution in [0.25, 0.3) is 0 Å². The summed E-state index contributed by atoms with van der Waals surface area (Å²) in [6.07, 6.45) is 9.59. The van der Waals surface area contributed by atoms with Crippen molar-refractivity contribution in [3.8, 4) is 0 Å². The standard InChI is InChI=1S/C21H39NO5/c1-20(2,3)27-19(25)22-16-15-21(26)13-9-5-4-7-11-17(18(23)24)12-8-6-10-14-21/h17,26H,4-16H2,1-3H3,(H,22,25)(H,23,24). The van der Waals surface area contributed by atoms with E-state index < -0.39 is 23.3 Å². The van der Waals surface area contributed by atoms with Crippen molar-refractivity contribution >= 4 is 12.1 Å². The molecule has 1 aliphatic carbocycles. The van der Waals surface area contributed by atoms with Crippen LogP contribution in [-0.2, 0) is 9.53 Å². The van der Waals surface area contributed by atoms with Gasteiger partial charge in [-0.1, -0.05) is 44.9 Å². The lowest BCUT2D eigenvalue weighted by atomic mass is 9.87. The van der Waals surface area contributed by atoms with Crippen LogP contribution in [0.5, 0.6) is 0 Å². The molecule has 0 radical (unpaired) electrons. The number of hydrogen-bond donors (Lipinski definition) is 3. The monoisotopic (exact) mass is 385 g/mol. The zero-order valence-corrected chi connectivity index (χ0v) is 17.4. The van der Waals surface area contributed by atoms with Crippen molar-refractivity contribution in [2.24, 2.45) is 5.92 Å². The number of carboxylic acids is 1. The van der Waals surface area contributed by atoms with Gasteiger partial charge in [0.05, 0.1) is 11.5 Å². The van der Waals surface area contributed by atoms with E-state index in [9.17, 15) is 19.8 Å². The molecule has 6 heteroatoms. The normalized spacial score (nSPS) is 26.1. The Morgan fingerprint density at radius 3 is 2.04 bits per heavy atom. The van der Waals surface area contributed by atoms with Crippen molar-refractivity contribution in [2.75, 3.05) is 6.54 Å². The summed E-state index contributed by atoms with van der Waals surface area (Å²) < 4.78 is 5.24. The first-order valence-electron chi connectivity index (χ1n) is 10.5. The molecule has 0 spiro atoms. The Labute approximate surface area is 164 Å². The molecule has 27 heavy (non-hydrogen) atoms. The van der Waals surface area contributed by atoms with Gasteiger partial charge in [-0.25, -0.2) is 4.79 Å². The molecule has 0 aromatic heterocycles. The average molecular weight is 386 g/mol. The molecule has 1 saturated carbocycles. The topological polar surface area (TPSA) is 95.9 Å². The smallest absolute Gasteiger partial charge is 0.407 e. The van der Waals surface area contributed by atoms with E-state index in [0.717, 1.165) is 64.2 Å². The summed E-state index contributed by atoms with van der Waals surface area (Å²) in [7, 11) is 0. The molecule has 0 aliphatic heterocycles.